The lowest BCUT2D eigenvalue weighted by Gasteiger charge is -2.38. The van der Waals surface area contributed by atoms with Crippen LogP contribution < -0.4 is 0 Å². The van der Waals surface area contributed by atoms with Gasteiger partial charge in [-0.1, -0.05) is 45.2 Å². The fourth-order valence-electron chi connectivity index (χ4n) is 3.22. The number of ether oxygens (including phenoxy) is 2. The average molecular weight is 1060 g/mol. The minimum atomic E-state index is -7.51. The third-order valence-corrected chi connectivity index (χ3v) is 11.7. The standard InChI is InChI=1S/C23H21F15I2N2O8S2/c1-16(39,40)17(24,25)19(28,29)22(35,36)51(45,46)41(2)8-10-49-14(43)12-4-6-13(7-5-12)15(44)50-11-9-42(3)52(47,48)23(37,38)20(30,31)18(26,27)21(32,33)34/h4-7H,8-11H2,1-3H3. The summed E-state index contributed by atoms with van der Waals surface area (Å²) in [5, 5.41) is -13.4. The molecule has 52 heavy (non-hydrogen) atoms. The third kappa shape index (κ3) is 8.60. The Balaban J connectivity index is 2.88. The Bertz CT molecular complexity index is 1560. The van der Waals surface area contributed by atoms with E-state index in [9.17, 15) is 92.3 Å². The largest absolute Gasteiger partial charge is 0.461 e. The molecule has 0 unspecified atom stereocenters. The number of likely N-dealkylation sites (N-methyl/N-ethyl adjacent to an activating group) is 2. The molecule has 0 heterocycles. The van der Waals surface area contributed by atoms with Gasteiger partial charge in [-0.25, -0.2) is 26.4 Å². The number of sulfonamides is 2. The molecule has 0 aliphatic carbocycles. The predicted octanol–water partition coefficient (Wildman–Crippen LogP) is 6.40. The summed E-state index contributed by atoms with van der Waals surface area (Å²) in [4.78, 5) is 24.3. The van der Waals surface area contributed by atoms with E-state index in [4.69, 9.17) is 0 Å². The zero-order valence-corrected chi connectivity index (χ0v) is 31.5. The number of hydrogen-bond donors (Lipinski definition) is 0. The zero-order chi connectivity index (χ0) is 41.5. The molecule has 0 spiro atoms. The molecule has 0 N–H and O–H groups in total. The number of alkyl halides is 17. The van der Waals surface area contributed by atoms with Gasteiger partial charge in [0.15, 0.2) is 0 Å². The molecule has 1 aromatic rings. The lowest BCUT2D eigenvalue weighted by Crippen LogP contribution is -2.65. The van der Waals surface area contributed by atoms with Crippen molar-refractivity contribution >= 4 is 77.2 Å². The highest BCUT2D eigenvalue weighted by atomic mass is 127. The number of carbonyl (C=O) groups excluding carboxylic acids is 2. The van der Waals surface area contributed by atoms with Crippen molar-refractivity contribution in [2.75, 3.05) is 40.4 Å². The molecule has 0 aromatic heterocycles. The normalized spacial score (nSPS) is 14.9. The van der Waals surface area contributed by atoms with Gasteiger partial charge in [0.25, 0.3) is 20.0 Å². The van der Waals surface area contributed by atoms with Gasteiger partial charge >= 0.3 is 52.3 Å². The smallest absolute Gasteiger partial charge is 0.460 e. The third-order valence-electron chi connectivity index (χ3n) is 6.53. The van der Waals surface area contributed by atoms with Gasteiger partial charge in [0, 0.05) is 27.2 Å². The van der Waals surface area contributed by atoms with Crippen molar-refractivity contribution in [3.8, 4) is 0 Å². The quantitative estimate of drug-likeness (QED) is 0.0761. The van der Waals surface area contributed by atoms with Gasteiger partial charge in [-0.05, 0) is 31.2 Å². The van der Waals surface area contributed by atoms with E-state index in [1.54, 1.807) is 0 Å². The molecular weight excluding hydrogens is 1040 g/mol. The Hall–Kier alpha value is -1.61. The first kappa shape index (κ1) is 48.4. The molecule has 0 saturated heterocycles. The highest BCUT2D eigenvalue weighted by molar-refractivity contribution is 14.2. The first-order valence-electron chi connectivity index (χ1n) is 12.9. The van der Waals surface area contributed by atoms with Crippen LogP contribution in [0.15, 0.2) is 24.3 Å². The molecule has 0 aliphatic heterocycles. The van der Waals surface area contributed by atoms with Crippen molar-refractivity contribution in [2.45, 2.75) is 48.7 Å². The summed E-state index contributed by atoms with van der Waals surface area (Å²) in [5.74, 6) is -29.8. The summed E-state index contributed by atoms with van der Waals surface area (Å²) < 4.78 is 256. The Kier molecular flexibility index (Phi) is 14.4. The van der Waals surface area contributed by atoms with Crippen LogP contribution in [-0.4, -0.2) is 120 Å². The van der Waals surface area contributed by atoms with Gasteiger partial charge in [-0.15, -0.1) is 0 Å². The second-order valence-electron chi connectivity index (χ2n) is 10.2. The van der Waals surface area contributed by atoms with Crippen LogP contribution in [0.5, 0.6) is 0 Å². The minimum Gasteiger partial charge on any atom is -0.461 e. The van der Waals surface area contributed by atoms with Crippen LogP contribution in [0.1, 0.15) is 27.6 Å². The molecular formula is C23H21F15I2N2O8S2. The zero-order valence-electron chi connectivity index (χ0n) is 25.5. The van der Waals surface area contributed by atoms with Crippen LogP contribution in [0.2, 0.25) is 0 Å². The maximum Gasteiger partial charge on any atom is 0.460 e. The first-order chi connectivity index (χ1) is 22.8. The fraction of sp³-hybridized carbons (Fsp3) is 0.652. The fourth-order valence-corrected chi connectivity index (χ4v) is 6.21. The van der Waals surface area contributed by atoms with Crippen molar-refractivity contribution in [3.05, 3.63) is 35.4 Å². The Labute approximate surface area is 310 Å². The van der Waals surface area contributed by atoms with Crippen LogP contribution in [0, 0.1) is 0 Å². The Morgan fingerprint density at radius 1 is 0.577 bits per heavy atom. The molecule has 0 radical (unpaired) electrons. The van der Waals surface area contributed by atoms with E-state index in [-0.39, 0.29) is 7.05 Å². The summed E-state index contributed by atoms with van der Waals surface area (Å²) in [6.45, 7) is -4.73. The SMILES string of the molecule is CN(CCOC(=O)c1ccc(C(=O)OCCN(C)S(=O)(=O)C(F)(F)C(F)(F)C(F)(F)C(C)(I)I)cc1)S(=O)(=O)C(F)(F)C(F)(F)C(F)(F)C(F)(F)F. The highest BCUT2D eigenvalue weighted by Crippen LogP contribution is 2.58. The van der Waals surface area contributed by atoms with Gasteiger partial charge in [-0.2, -0.15) is 74.5 Å². The number of carbonyl (C=O) groups is 2. The van der Waals surface area contributed by atoms with Gasteiger partial charge in [-0.3, -0.25) is 0 Å². The number of nitrogens with zero attached hydrogens (tertiary/aromatic N) is 2. The van der Waals surface area contributed by atoms with Crippen molar-refractivity contribution in [1.29, 1.82) is 0 Å². The average Bonchev–Trinajstić information content (AvgIpc) is 2.98. The predicted molar refractivity (Wildman–Crippen MR) is 162 cm³/mol. The molecule has 29 heteroatoms. The Morgan fingerprint density at radius 2 is 0.846 bits per heavy atom. The summed E-state index contributed by atoms with van der Waals surface area (Å²) in [6.07, 6.45) is -7.30. The molecule has 0 fully saturated rings. The highest BCUT2D eigenvalue weighted by Gasteiger charge is 2.86. The van der Waals surface area contributed by atoms with Crippen LogP contribution in [0.3, 0.4) is 0 Å². The first-order valence-corrected chi connectivity index (χ1v) is 17.9. The van der Waals surface area contributed by atoms with E-state index in [1.807, 2.05) is 0 Å². The van der Waals surface area contributed by atoms with Crippen LogP contribution in [0.4, 0.5) is 65.9 Å². The molecule has 0 aliphatic rings. The summed E-state index contributed by atoms with van der Waals surface area (Å²) in [7, 11) is -13.2. The van der Waals surface area contributed by atoms with E-state index in [1.165, 1.54) is 0 Å². The van der Waals surface area contributed by atoms with E-state index < -0.39 is 120 Å². The number of hydrogen-bond acceptors (Lipinski definition) is 8. The minimum absolute atomic E-state index is 0.0539. The number of benzene rings is 1. The lowest BCUT2D eigenvalue weighted by atomic mass is 10.1. The summed E-state index contributed by atoms with van der Waals surface area (Å²) in [5.41, 5.74) is -1.00. The van der Waals surface area contributed by atoms with Gasteiger partial charge < -0.3 is 9.47 Å². The molecule has 302 valence electrons. The van der Waals surface area contributed by atoms with Crippen molar-refractivity contribution in [3.63, 3.8) is 0 Å². The van der Waals surface area contributed by atoms with E-state index in [0.29, 0.717) is 59.2 Å². The monoisotopic (exact) mass is 1060 g/mol. The van der Waals surface area contributed by atoms with Crippen LogP contribution in [0.25, 0.3) is 0 Å². The molecule has 0 amide bonds. The van der Waals surface area contributed by atoms with Crippen molar-refractivity contribution in [1.82, 2.24) is 8.61 Å². The maximum atomic E-state index is 14.4. The van der Waals surface area contributed by atoms with E-state index >= 15 is 0 Å². The second kappa shape index (κ2) is 15.5. The van der Waals surface area contributed by atoms with Crippen molar-refractivity contribution < 1.29 is 102 Å². The molecule has 1 rings (SSSR count). The van der Waals surface area contributed by atoms with Crippen LogP contribution in [-0.2, 0) is 29.5 Å². The molecule has 0 saturated carbocycles. The summed E-state index contributed by atoms with van der Waals surface area (Å²) in [6, 6.07) is 3.09. The lowest BCUT2D eigenvalue weighted by molar-refractivity contribution is -0.382. The summed E-state index contributed by atoms with van der Waals surface area (Å²) >= 11 is 1.42. The van der Waals surface area contributed by atoms with Gasteiger partial charge in [0.05, 0.1) is 11.1 Å². The number of esters is 2. The molecule has 10 nitrogen and oxygen atoms in total. The van der Waals surface area contributed by atoms with Gasteiger partial charge in [0.1, 0.15) is 14.6 Å². The van der Waals surface area contributed by atoms with Crippen LogP contribution >= 0.6 is 45.2 Å². The molecule has 0 bridgehead atoms. The topological polar surface area (TPSA) is 127 Å². The van der Waals surface area contributed by atoms with E-state index in [0.717, 1.165) is 24.3 Å². The van der Waals surface area contributed by atoms with Crippen molar-refractivity contribution in [2.24, 2.45) is 0 Å². The second-order valence-corrected chi connectivity index (χ2v) is 20.8. The number of rotatable bonds is 17. The number of halogens is 17. The maximum absolute atomic E-state index is 14.4. The molecule has 0 atom stereocenters. The molecule has 1 aromatic carbocycles. The Morgan fingerprint density at radius 3 is 1.10 bits per heavy atom. The van der Waals surface area contributed by atoms with E-state index in [2.05, 4.69) is 9.47 Å². The van der Waals surface area contributed by atoms with Gasteiger partial charge in [0.2, 0.25) is 0 Å².